The molecule has 3 aliphatic rings. The molecule has 2 unspecified atom stereocenters. The zero-order valence-electron chi connectivity index (χ0n) is 24.8. The third kappa shape index (κ3) is 9.00. The maximum absolute atomic E-state index is 11.9. The van der Waals surface area contributed by atoms with E-state index in [-0.39, 0.29) is 12.0 Å². The van der Waals surface area contributed by atoms with Crippen molar-refractivity contribution in [3.8, 4) is 11.5 Å². The Morgan fingerprint density at radius 2 is 1.42 bits per heavy atom. The fraction of sp³-hybridized carbons (Fsp3) is 0.531. The van der Waals surface area contributed by atoms with Crippen LogP contribution < -0.4 is 14.2 Å². The van der Waals surface area contributed by atoms with Gasteiger partial charge in [0.2, 0.25) is 0 Å². The molecule has 38 heavy (non-hydrogen) atoms. The molecule has 0 aromatic heterocycles. The summed E-state index contributed by atoms with van der Waals surface area (Å²) in [5.74, 6) is 1.46. The minimum atomic E-state index is -1.48. The standard InChI is InChI=1S/C24H25NO4S.4C2H6/c26-24-15-23(30(27)25-24)16-9-11-18(12-10-16)29-22-14-13-20-19(22)7-4-8-21(20)28-17-5-2-1-3-6-17;4*1-2/h4,7-12,15,17,22H,1-3,5-6,13-14H2,(H,25,26);4*1-2H3. The molecule has 212 valence electrons. The lowest BCUT2D eigenvalue weighted by Gasteiger charge is -2.24. The van der Waals surface area contributed by atoms with E-state index in [9.17, 15) is 9.00 Å². The monoisotopic (exact) mass is 543 g/mol. The van der Waals surface area contributed by atoms with E-state index in [1.54, 1.807) is 0 Å². The van der Waals surface area contributed by atoms with Crippen LogP contribution in [0.3, 0.4) is 0 Å². The molecule has 6 heteroatoms. The van der Waals surface area contributed by atoms with Gasteiger partial charge in [-0.3, -0.25) is 9.52 Å². The number of hydrogen-bond donors (Lipinski definition) is 1. The van der Waals surface area contributed by atoms with E-state index in [1.165, 1.54) is 36.5 Å². The van der Waals surface area contributed by atoms with Crippen molar-refractivity contribution < 1.29 is 18.5 Å². The number of hydrogen-bond acceptors (Lipinski definition) is 4. The predicted octanol–water partition coefficient (Wildman–Crippen LogP) is 8.70. The first-order valence-corrected chi connectivity index (χ1v) is 15.8. The smallest absolute Gasteiger partial charge is 0.257 e. The van der Waals surface area contributed by atoms with Crippen LogP contribution in [-0.4, -0.2) is 16.2 Å². The molecule has 1 fully saturated rings. The molecular weight excluding hydrogens is 494 g/mol. The molecule has 0 radical (unpaired) electrons. The molecule has 0 saturated heterocycles. The van der Waals surface area contributed by atoms with Gasteiger partial charge in [0.05, 0.1) is 11.0 Å². The van der Waals surface area contributed by atoms with E-state index in [2.05, 4.69) is 22.9 Å². The number of amides is 1. The minimum absolute atomic E-state index is 0.00354. The van der Waals surface area contributed by atoms with Crippen LogP contribution in [0.25, 0.3) is 4.91 Å². The van der Waals surface area contributed by atoms with Crippen molar-refractivity contribution in [2.45, 2.75) is 113 Å². The van der Waals surface area contributed by atoms with Crippen LogP contribution in [0.2, 0.25) is 0 Å². The molecule has 2 aromatic carbocycles. The third-order valence-corrected chi connectivity index (χ3v) is 7.23. The number of nitrogens with one attached hydrogen (secondary N) is 1. The number of carbonyl (C=O) groups is 1. The molecule has 0 spiro atoms. The van der Waals surface area contributed by atoms with Crippen LogP contribution in [0.5, 0.6) is 11.5 Å². The highest BCUT2D eigenvalue weighted by Crippen LogP contribution is 2.40. The van der Waals surface area contributed by atoms with E-state index in [0.717, 1.165) is 42.7 Å². The quantitative estimate of drug-likeness (QED) is 0.410. The molecule has 1 saturated carbocycles. The molecule has 5 rings (SSSR count). The Morgan fingerprint density at radius 3 is 2.00 bits per heavy atom. The van der Waals surface area contributed by atoms with Gasteiger partial charge in [0, 0.05) is 11.6 Å². The van der Waals surface area contributed by atoms with Gasteiger partial charge in [0.15, 0.2) is 11.0 Å². The first kappa shape index (κ1) is 33.4. The van der Waals surface area contributed by atoms with Crippen molar-refractivity contribution in [3.05, 3.63) is 65.2 Å². The molecule has 0 bridgehead atoms. The highest BCUT2D eigenvalue weighted by molar-refractivity contribution is 7.93. The number of benzene rings is 2. The lowest BCUT2D eigenvalue weighted by Crippen LogP contribution is -2.20. The number of carbonyl (C=O) groups excluding carboxylic acids is 1. The highest BCUT2D eigenvalue weighted by Gasteiger charge is 2.28. The fourth-order valence-corrected chi connectivity index (χ4v) is 5.49. The second kappa shape index (κ2) is 18.6. The topological polar surface area (TPSA) is 64.6 Å². The second-order valence-corrected chi connectivity index (χ2v) is 9.30. The fourth-order valence-electron chi connectivity index (χ4n) is 4.58. The van der Waals surface area contributed by atoms with E-state index in [0.29, 0.717) is 11.0 Å². The van der Waals surface area contributed by atoms with Gasteiger partial charge in [-0.05, 0) is 67.9 Å². The summed E-state index contributed by atoms with van der Waals surface area (Å²) in [4.78, 5) is 11.9. The van der Waals surface area contributed by atoms with Crippen LogP contribution in [0.15, 0.2) is 48.5 Å². The summed E-state index contributed by atoms with van der Waals surface area (Å²) in [5, 5.41) is 0. The zero-order chi connectivity index (χ0) is 28.5. The van der Waals surface area contributed by atoms with Gasteiger partial charge in [-0.2, -0.15) is 0 Å². The molecule has 1 N–H and O–H groups in total. The van der Waals surface area contributed by atoms with Crippen LogP contribution in [-0.2, 0) is 22.2 Å². The minimum Gasteiger partial charge on any atom is -0.490 e. The first-order chi connectivity index (χ1) is 18.7. The second-order valence-electron chi connectivity index (χ2n) is 8.11. The van der Waals surface area contributed by atoms with E-state index >= 15 is 0 Å². The van der Waals surface area contributed by atoms with E-state index in [1.807, 2.05) is 79.7 Å². The zero-order valence-corrected chi connectivity index (χ0v) is 25.6. The van der Waals surface area contributed by atoms with Gasteiger partial charge >= 0.3 is 0 Å². The van der Waals surface area contributed by atoms with Crippen molar-refractivity contribution >= 4 is 21.8 Å². The van der Waals surface area contributed by atoms with Gasteiger partial charge in [-0.1, -0.05) is 86.1 Å². The normalized spacial score (nSPS) is 19.3. The lowest BCUT2D eigenvalue weighted by molar-refractivity contribution is -0.114. The third-order valence-electron chi connectivity index (χ3n) is 6.09. The summed E-state index contributed by atoms with van der Waals surface area (Å²) in [6.07, 6.45) is 9.76. The largest absolute Gasteiger partial charge is 0.490 e. The summed E-state index contributed by atoms with van der Waals surface area (Å²) in [6.45, 7) is 16.0. The Hall–Kier alpha value is -2.60. The molecule has 2 atom stereocenters. The van der Waals surface area contributed by atoms with Crippen LogP contribution in [0.1, 0.15) is 117 Å². The predicted molar refractivity (Wildman–Crippen MR) is 162 cm³/mol. The van der Waals surface area contributed by atoms with E-state index in [4.69, 9.17) is 9.47 Å². The maximum Gasteiger partial charge on any atom is 0.257 e. The summed E-state index contributed by atoms with van der Waals surface area (Å²) in [5.41, 5.74) is 3.25. The highest BCUT2D eigenvalue weighted by atomic mass is 32.2. The van der Waals surface area contributed by atoms with Gasteiger partial charge in [-0.25, -0.2) is 4.21 Å². The van der Waals surface area contributed by atoms with Gasteiger partial charge in [0.1, 0.15) is 17.6 Å². The Kier molecular flexibility index (Phi) is 16.4. The molecule has 5 nitrogen and oxygen atoms in total. The number of fused-ring (bicyclic) bond motifs is 1. The lowest BCUT2D eigenvalue weighted by atomic mass is 9.97. The van der Waals surface area contributed by atoms with Gasteiger partial charge in [0.25, 0.3) is 5.91 Å². The molecule has 2 aromatic rings. The summed E-state index contributed by atoms with van der Waals surface area (Å²) < 4.78 is 27.0. The Bertz CT molecular complexity index is 1010. The van der Waals surface area contributed by atoms with E-state index < -0.39 is 11.0 Å². The summed E-state index contributed by atoms with van der Waals surface area (Å²) in [6, 6.07) is 13.7. The Balaban J connectivity index is 0.000000829. The molecule has 2 aliphatic carbocycles. The van der Waals surface area contributed by atoms with Crippen LogP contribution in [0, 0.1) is 0 Å². The van der Waals surface area contributed by atoms with Crippen molar-refractivity contribution in [2.24, 2.45) is 0 Å². The molecule has 1 amide bonds. The Labute approximate surface area is 234 Å². The number of rotatable bonds is 5. The maximum atomic E-state index is 11.9. The number of ether oxygens (including phenoxy) is 2. The van der Waals surface area contributed by atoms with Crippen molar-refractivity contribution in [1.29, 1.82) is 0 Å². The van der Waals surface area contributed by atoms with Gasteiger partial charge in [-0.15, -0.1) is 0 Å². The Morgan fingerprint density at radius 1 is 0.789 bits per heavy atom. The first-order valence-electron chi connectivity index (χ1n) is 14.7. The van der Waals surface area contributed by atoms with Gasteiger partial charge < -0.3 is 9.47 Å². The molecule has 1 heterocycles. The van der Waals surface area contributed by atoms with Crippen LogP contribution in [0.4, 0.5) is 0 Å². The van der Waals surface area contributed by atoms with Crippen molar-refractivity contribution in [1.82, 2.24) is 4.72 Å². The average Bonchev–Trinajstić information content (AvgIpc) is 3.56. The average molecular weight is 544 g/mol. The van der Waals surface area contributed by atoms with Crippen molar-refractivity contribution in [3.63, 3.8) is 0 Å². The summed E-state index contributed by atoms with van der Waals surface area (Å²) in [7, 11) is -1.48. The van der Waals surface area contributed by atoms with Crippen LogP contribution >= 0.6 is 0 Å². The summed E-state index contributed by atoms with van der Waals surface area (Å²) >= 11 is 0. The SMILES string of the molecule is CC.CC.CC.CC.O=C1C=C(c2ccc(OC3CCc4c(OC5CCCCC5)cccc43)cc2)S(=O)N1. The molecular formula is C32H49NO4S. The van der Waals surface area contributed by atoms with Crippen molar-refractivity contribution in [2.75, 3.05) is 0 Å². The molecule has 1 aliphatic heterocycles.